The third-order valence-corrected chi connectivity index (χ3v) is 14.5. The van der Waals surface area contributed by atoms with Crippen LogP contribution in [0.4, 0.5) is 0 Å². The summed E-state index contributed by atoms with van der Waals surface area (Å²) in [6, 6.07) is 19.7. The van der Waals surface area contributed by atoms with Crippen molar-refractivity contribution in [3.05, 3.63) is 84.6 Å². The number of hydrogen-bond donors (Lipinski definition) is 1. The molecule has 3 aromatic heterocycles. The first-order valence-corrected chi connectivity index (χ1v) is 19.4. The van der Waals surface area contributed by atoms with E-state index < -0.39 is 15.0 Å². The fraction of sp³-hybridized carbons (Fsp3) is 0. The molecule has 0 saturated carbocycles. The van der Waals surface area contributed by atoms with Gasteiger partial charge in [0, 0.05) is 61.7 Å². The molecule has 18 heteroatoms. The average Bonchev–Trinajstić information content (AvgIpc) is 3.80. The minimum Gasteiger partial charge on any atom is -0.744 e. The van der Waals surface area contributed by atoms with Crippen molar-refractivity contribution in [1.29, 1.82) is 0 Å². The van der Waals surface area contributed by atoms with Crippen molar-refractivity contribution in [2.75, 3.05) is 0 Å². The summed E-state index contributed by atoms with van der Waals surface area (Å²) in [5.74, 6) is 1.00. The third-order valence-electron chi connectivity index (χ3n) is 8.21. The van der Waals surface area contributed by atoms with Crippen LogP contribution in [-0.2, 0) is 27.2 Å². The van der Waals surface area contributed by atoms with Crippen molar-refractivity contribution < 1.29 is 30.0 Å². The largest absolute Gasteiger partial charge is 1.00 e. The van der Waals surface area contributed by atoms with Crippen molar-refractivity contribution >= 4 is 134 Å². The van der Waals surface area contributed by atoms with Crippen LogP contribution in [0, 0.1) is 0 Å². The smallest absolute Gasteiger partial charge is 0.744 e. The summed E-state index contributed by atoms with van der Waals surface area (Å²) in [6.07, 6.45) is 0. The SMILES string of the molecule is O=S(=O)([O-])c1cccc2c1-c1nc-2nc2c3ccccc3c(nc3nc(nc4[nH]c(n1)c1c(Br)c(Br)c(Br)c(Br)c41)-c1ccccc1-3)n2Br.[Cu+]. The van der Waals surface area contributed by atoms with Crippen LogP contribution in [0.15, 0.2) is 89.5 Å². The molecule has 50 heavy (non-hydrogen) atoms. The number of fused-ring (bicyclic) bond motifs is 20. The van der Waals surface area contributed by atoms with Gasteiger partial charge in [-0.3, -0.25) is 0 Å². The molecule has 8 bridgehead atoms. The molecule has 7 aromatic rings. The van der Waals surface area contributed by atoms with Gasteiger partial charge in [0.25, 0.3) is 0 Å². The van der Waals surface area contributed by atoms with E-state index in [2.05, 4.69) is 84.9 Å². The maximum Gasteiger partial charge on any atom is 1.00 e. The zero-order valence-corrected chi connectivity index (χ0v) is 34.0. The number of aromatic amines is 1. The Morgan fingerprint density at radius 2 is 1.04 bits per heavy atom. The maximum atomic E-state index is 12.6. The fourth-order valence-electron chi connectivity index (χ4n) is 6.09. The zero-order valence-electron chi connectivity index (χ0n) is 24.3. The molecule has 11 nitrogen and oxygen atoms in total. The normalized spacial score (nSPS) is 12.2. The van der Waals surface area contributed by atoms with Crippen molar-refractivity contribution in [2.24, 2.45) is 0 Å². The number of hydrogen-bond acceptors (Lipinski definition) is 9. The van der Waals surface area contributed by atoms with Crippen LogP contribution in [0.25, 0.3) is 89.7 Å². The van der Waals surface area contributed by atoms with Crippen LogP contribution in [0.1, 0.15) is 0 Å². The van der Waals surface area contributed by atoms with E-state index in [9.17, 15) is 13.0 Å². The molecule has 5 heterocycles. The molecule has 0 radical (unpaired) electrons. The van der Waals surface area contributed by atoms with Gasteiger partial charge in [-0.2, -0.15) is 0 Å². The number of halogens is 5. The van der Waals surface area contributed by atoms with E-state index in [0.29, 0.717) is 68.5 Å². The minimum atomic E-state index is -4.94. The Kier molecular flexibility index (Phi) is 8.44. The van der Waals surface area contributed by atoms with Gasteiger partial charge in [0.2, 0.25) is 0 Å². The van der Waals surface area contributed by atoms with Crippen molar-refractivity contribution in [3.63, 3.8) is 0 Å². The molecule has 0 atom stereocenters. The summed E-state index contributed by atoms with van der Waals surface area (Å²) in [6.45, 7) is 0. The van der Waals surface area contributed by atoms with Gasteiger partial charge in [-0.05, 0) is 69.8 Å². The molecule has 0 aliphatic carbocycles. The Morgan fingerprint density at radius 3 is 1.60 bits per heavy atom. The number of nitrogens with one attached hydrogen (secondary N) is 1. The number of aromatic nitrogens is 8. The molecule has 0 amide bonds. The number of rotatable bonds is 1. The van der Waals surface area contributed by atoms with E-state index >= 15 is 0 Å². The monoisotopic (exact) mass is 1050 g/mol. The summed E-state index contributed by atoms with van der Waals surface area (Å²) in [5, 5.41) is 2.78. The molecule has 2 aliphatic heterocycles. The van der Waals surface area contributed by atoms with Gasteiger partial charge in [-0.1, -0.05) is 60.7 Å². The van der Waals surface area contributed by atoms with Crippen LogP contribution < -0.4 is 0 Å². The molecular formula is C32H12Br5CuN8O3S. The first-order valence-electron chi connectivity index (χ1n) is 14.2. The van der Waals surface area contributed by atoms with Gasteiger partial charge < -0.3 is 9.54 Å². The first-order chi connectivity index (χ1) is 23.5. The van der Waals surface area contributed by atoms with Gasteiger partial charge in [0.1, 0.15) is 21.4 Å². The van der Waals surface area contributed by atoms with Crippen molar-refractivity contribution in [3.8, 4) is 45.6 Å². The van der Waals surface area contributed by atoms with E-state index in [1.165, 1.54) is 12.1 Å². The molecule has 0 fully saturated rings. The van der Waals surface area contributed by atoms with Crippen LogP contribution >= 0.6 is 79.9 Å². The van der Waals surface area contributed by atoms with Crippen LogP contribution in [-0.4, -0.2) is 51.5 Å². The van der Waals surface area contributed by atoms with Crippen molar-refractivity contribution in [1.82, 2.24) is 38.5 Å². The molecule has 9 rings (SSSR count). The Hall–Kier alpha value is -2.93. The molecule has 0 unspecified atom stereocenters. The second-order valence-electron chi connectivity index (χ2n) is 10.9. The summed E-state index contributed by atoms with van der Waals surface area (Å²) >= 11 is 18.4. The molecular weight excluding hydrogens is 1040 g/mol. The quantitative estimate of drug-likeness (QED) is 0.0733. The second-order valence-corrected chi connectivity index (χ2v) is 16.2. The van der Waals surface area contributed by atoms with Crippen LogP contribution in [0.3, 0.4) is 0 Å². The number of H-pyrrole nitrogens is 1. The van der Waals surface area contributed by atoms with Gasteiger partial charge in [0.15, 0.2) is 34.6 Å². The topological polar surface area (TPSA) is 155 Å². The zero-order chi connectivity index (χ0) is 33.9. The molecule has 250 valence electrons. The Balaban J connectivity index is 0.00000361. The molecule has 0 saturated heterocycles. The second kappa shape index (κ2) is 12.3. The standard InChI is InChI=1S/C32H13Br5N8O3S.Cu/c33-21-19-20(22(34)24(36)23(21)35)30-41-28-18-16(10-5-11-17(18)49(46,47)48)27(40-28)44-32-15-9-4-3-8-14(15)31(45(32)37)43-26-13-7-2-1-6-12(13)25(38-26)39-29(19)42-30;/h1-11H,(H,46,47,48)(H,38,39,40,41,42,43,44);/q;+1/p-1. The van der Waals surface area contributed by atoms with Gasteiger partial charge in [-0.15, -0.1) is 0 Å². The van der Waals surface area contributed by atoms with Crippen molar-refractivity contribution in [2.45, 2.75) is 4.90 Å². The van der Waals surface area contributed by atoms with Crippen LogP contribution in [0.2, 0.25) is 0 Å². The van der Waals surface area contributed by atoms with E-state index in [-0.39, 0.29) is 34.3 Å². The first kappa shape index (κ1) is 34.2. The van der Waals surface area contributed by atoms with E-state index in [1.807, 2.05) is 48.5 Å². The predicted octanol–water partition coefficient (Wildman–Crippen LogP) is 9.45. The van der Waals surface area contributed by atoms with E-state index in [4.69, 9.17) is 29.9 Å². The van der Waals surface area contributed by atoms with E-state index in [1.54, 1.807) is 9.66 Å². The maximum absolute atomic E-state index is 12.6. The Bertz CT molecular complexity index is 2960. The molecule has 1 N–H and O–H groups in total. The number of benzene rings is 4. The minimum absolute atomic E-state index is 0. The summed E-state index contributed by atoms with van der Waals surface area (Å²) < 4.78 is 42.2. The Morgan fingerprint density at radius 1 is 0.580 bits per heavy atom. The number of nitrogens with zero attached hydrogens (tertiary/aromatic N) is 7. The summed E-state index contributed by atoms with van der Waals surface area (Å²) in [7, 11) is -4.94. The predicted molar refractivity (Wildman–Crippen MR) is 203 cm³/mol. The van der Waals surface area contributed by atoms with E-state index in [0.717, 1.165) is 21.9 Å². The molecule has 2 aliphatic rings. The van der Waals surface area contributed by atoms with Gasteiger partial charge in [0.05, 0.1) is 21.0 Å². The molecule has 0 spiro atoms. The van der Waals surface area contributed by atoms with Gasteiger partial charge in [-0.25, -0.2) is 41.9 Å². The van der Waals surface area contributed by atoms with Crippen LogP contribution in [0.5, 0.6) is 0 Å². The van der Waals surface area contributed by atoms with Gasteiger partial charge >= 0.3 is 17.1 Å². The summed E-state index contributed by atoms with van der Waals surface area (Å²) in [5.41, 5.74) is 3.61. The molecule has 4 aromatic carbocycles. The fourth-order valence-corrected chi connectivity index (χ4v) is 9.82. The average molecular weight is 1050 g/mol. The third kappa shape index (κ3) is 5.10. The summed E-state index contributed by atoms with van der Waals surface area (Å²) in [4.78, 5) is 32.4. The Labute approximate surface area is 334 Å².